The summed E-state index contributed by atoms with van der Waals surface area (Å²) in [6.07, 6.45) is -0.931. The van der Waals surface area contributed by atoms with Gasteiger partial charge in [-0.3, -0.25) is 4.90 Å². The molecular weight excluding hydrogens is 314 g/mol. The molecule has 0 saturated heterocycles. The fourth-order valence-electron chi connectivity index (χ4n) is 2.24. The number of carboxylic acid groups (broad SMARTS) is 1. The minimum absolute atomic E-state index is 0.385. The predicted octanol–water partition coefficient (Wildman–Crippen LogP) is 3.82. The van der Waals surface area contributed by atoms with Crippen LogP contribution in [0, 0.1) is 0 Å². The number of carboxylic acids is 1. The summed E-state index contributed by atoms with van der Waals surface area (Å²) in [6.45, 7) is 3.05. The number of hydrogen-bond donors (Lipinski definition) is 1. The lowest BCUT2D eigenvalue weighted by Crippen LogP contribution is -2.23. The summed E-state index contributed by atoms with van der Waals surface area (Å²) in [6, 6.07) is 15.7. The molecule has 23 heavy (non-hydrogen) atoms. The van der Waals surface area contributed by atoms with Crippen LogP contribution in [-0.4, -0.2) is 29.1 Å². The third kappa shape index (κ3) is 5.27. The van der Waals surface area contributed by atoms with Gasteiger partial charge in [0, 0.05) is 13.1 Å². The second-order valence-electron chi connectivity index (χ2n) is 5.52. The van der Waals surface area contributed by atoms with Crippen molar-refractivity contribution in [1.82, 2.24) is 4.90 Å². The van der Waals surface area contributed by atoms with Gasteiger partial charge >= 0.3 is 5.97 Å². The van der Waals surface area contributed by atoms with Crippen LogP contribution in [0.2, 0.25) is 5.02 Å². The fourth-order valence-corrected chi connectivity index (χ4v) is 2.49. The summed E-state index contributed by atoms with van der Waals surface area (Å²) in [5, 5.41) is 9.29. The summed E-state index contributed by atoms with van der Waals surface area (Å²) in [4.78, 5) is 13.0. The van der Waals surface area contributed by atoms with Crippen LogP contribution in [0.5, 0.6) is 5.75 Å². The Hall–Kier alpha value is -2.04. The van der Waals surface area contributed by atoms with Crippen LogP contribution in [0.4, 0.5) is 0 Å². The first-order valence-electron chi connectivity index (χ1n) is 7.36. The molecule has 0 saturated carbocycles. The van der Waals surface area contributed by atoms with Crippen LogP contribution in [-0.2, 0) is 17.9 Å². The zero-order chi connectivity index (χ0) is 16.8. The van der Waals surface area contributed by atoms with Crippen LogP contribution < -0.4 is 4.74 Å². The molecule has 4 nitrogen and oxygen atoms in total. The Bertz CT molecular complexity index is 661. The van der Waals surface area contributed by atoms with Crippen molar-refractivity contribution in [2.45, 2.75) is 26.1 Å². The summed E-state index contributed by atoms with van der Waals surface area (Å²) in [7, 11) is 2.04. The summed E-state index contributed by atoms with van der Waals surface area (Å²) in [5.74, 6) is -0.635. The maximum absolute atomic E-state index is 10.8. The first kappa shape index (κ1) is 17.3. The van der Waals surface area contributed by atoms with E-state index in [1.165, 1.54) is 12.5 Å². The van der Waals surface area contributed by atoms with Crippen molar-refractivity contribution in [1.29, 1.82) is 0 Å². The number of benzene rings is 2. The molecule has 0 heterocycles. The number of ether oxygens (including phenoxy) is 1. The first-order valence-corrected chi connectivity index (χ1v) is 7.74. The van der Waals surface area contributed by atoms with Gasteiger partial charge in [-0.25, -0.2) is 4.79 Å². The second-order valence-corrected chi connectivity index (χ2v) is 5.93. The van der Waals surface area contributed by atoms with Gasteiger partial charge in [-0.05, 0) is 37.2 Å². The molecule has 1 N–H and O–H groups in total. The molecule has 0 aliphatic heterocycles. The number of halogens is 1. The molecule has 1 atom stereocenters. The smallest absolute Gasteiger partial charge is 0.344 e. The summed E-state index contributed by atoms with van der Waals surface area (Å²) in [5.41, 5.74) is 2.29. The van der Waals surface area contributed by atoms with E-state index in [1.807, 2.05) is 37.4 Å². The zero-order valence-electron chi connectivity index (χ0n) is 13.2. The van der Waals surface area contributed by atoms with Crippen molar-refractivity contribution in [3.63, 3.8) is 0 Å². The van der Waals surface area contributed by atoms with Crippen LogP contribution in [0.15, 0.2) is 48.5 Å². The van der Waals surface area contributed by atoms with E-state index in [1.54, 1.807) is 6.07 Å². The first-order chi connectivity index (χ1) is 11.0. The number of rotatable bonds is 7. The van der Waals surface area contributed by atoms with E-state index in [0.29, 0.717) is 10.8 Å². The molecule has 0 bridgehead atoms. The van der Waals surface area contributed by atoms with E-state index in [2.05, 4.69) is 17.0 Å². The van der Waals surface area contributed by atoms with Crippen molar-refractivity contribution in [2.75, 3.05) is 7.05 Å². The van der Waals surface area contributed by atoms with Crippen LogP contribution in [0.1, 0.15) is 18.1 Å². The van der Waals surface area contributed by atoms with E-state index >= 15 is 0 Å². The van der Waals surface area contributed by atoms with Gasteiger partial charge in [-0.1, -0.05) is 48.0 Å². The van der Waals surface area contributed by atoms with E-state index < -0.39 is 12.1 Å². The minimum Gasteiger partial charge on any atom is -0.479 e. The molecule has 0 fully saturated rings. The van der Waals surface area contributed by atoms with Crippen molar-refractivity contribution in [3.05, 3.63) is 64.7 Å². The highest BCUT2D eigenvalue weighted by Crippen LogP contribution is 2.27. The normalized spacial score (nSPS) is 12.2. The Labute approximate surface area is 141 Å². The summed E-state index contributed by atoms with van der Waals surface area (Å²) < 4.78 is 5.32. The van der Waals surface area contributed by atoms with Gasteiger partial charge in [0.25, 0.3) is 0 Å². The molecule has 2 aromatic rings. The van der Waals surface area contributed by atoms with Crippen molar-refractivity contribution in [2.24, 2.45) is 0 Å². The number of nitrogens with zero attached hydrogens (tertiary/aromatic N) is 1. The third-order valence-electron chi connectivity index (χ3n) is 3.40. The lowest BCUT2D eigenvalue weighted by atomic mass is 10.1. The molecule has 0 amide bonds. The molecule has 5 heteroatoms. The fraction of sp³-hybridized carbons (Fsp3) is 0.278. The van der Waals surface area contributed by atoms with E-state index in [-0.39, 0.29) is 0 Å². The Kier molecular flexibility index (Phi) is 6.02. The van der Waals surface area contributed by atoms with Gasteiger partial charge in [0.15, 0.2) is 6.10 Å². The van der Waals surface area contributed by atoms with Crippen LogP contribution in [0.25, 0.3) is 0 Å². The topological polar surface area (TPSA) is 49.8 Å². The molecule has 2 rings (SSSR count). The van der Waals surface area contributed by atoms with Crippen LogP contribution >= 0.6 is 11.6 Å². The van der Waals surface area contributed by atoms with Gasteiger partial charge in [0.2, 0.25) is 0 Å². The van der Waals surface area contributed by atoms with E-state index in [4.69, 9.17) is 21.4 Å². The van der Waals surface area contributed by atoms with E-state index in [0.717, 1.165) is 18.7 Å². The molecule has 2 aromatic carbocycles. The number of hydrogen-bond acceptors (Lipinski definition) is 3. The average molecular weight is 334 g/mol. The maximum atomic E-state index is 10.8. The Balaban J connectivity index is 1.98. The highest BCUT2D eigenvalue weighted by atomic mass is 35.5. The average Bonchev–Trinajstić information content (AvgIpc) is 2.50. The Morgan fingerprint density at radius 2 is 1.83 bits per heavy atom. The van der Waals surface area contributed by atoms with Crippen molar-refractivity contribution < 1.29 is 14.6 Å². The SMILES string of the molecule is C[C@H](Oc1ccc(CN(C)Cc2ccccc2)cc1Cl)C(=O)O. The highest BCUT2D eigenvalue weighted by molar-refractivity contribution is 6.32. The molecule has 122 valence electrons. The second kappa shape index (κ2) is 7.99. The van der Waals surface area contributed by atoms with Gasteiger partial charge < -0.3 is 9.84 Å². The maximum Gasteiger partial charge on any atom is 0.344 e. The van der Waals surface area contributed by atoms with Gasteiger partial charge in [0.05, 0.1) is 5.02 Å². The molecule has 0 unspecified atom stereocenters. The molecule has 0 aliphatic carbocycles. The lowest BCUT2D eigenvalue weighted by Gasteiger charge is -2.18. The largest absolute Gasteiger partial charge is 0.479 e. The molecule has 0 aliphatic rings. The number of aliphatic carboxylic acids is 1. The van der Waals surface area contributed by atoms with Gasteiger partial charge in [-0.15, -0.1) is 0 Å². The third-order valence-corrected chi connectivity index (χ3v) is 3.69. The quantitative estimate of drug-likeness (QED) is 0.836. The van der Waals surface area contributed by atoms with Gasteiger partial charge in [0.1, 0.15) is 5.75 Å². The monoisotopic (exact) mass is 333 g/mol. The van der Waals surface area contributed by atoms with Gasteiger partial charge in [-0.2, -0.15) is 0 Å². The standard InChI is InChI=1S/C18H20ClNO3/c1-13(18(21)22)23-17-9-8-15(10-16(17)19)12-20(2)11-14-6-4-3-5-7-14/h3-10,13H,11-12H2,1-2H3,(H,21,22)/t13-/m0/s1. The van der Waals surface area contributed by atoms with Crippen molar-refractivity contribution in [3.8, 4) is 5.75 Å². The zero-order valence-corrected chi connectivity index (χ0v) is 14.0. The predicted molar refractivity (Wildman–Crippen MR) is 90.8 cm³/mol. The minimum atomic E-state index is -1.02. The van der Waals surface area contributed by atoms with Crippen molar-refractivity contribution >= 4 is 17.6 Å². The molecule has 0 spiro atoms. The molecule has 0 aromatic heterocycles. The highest BCUT2D eigenvalue weighted by Gasteiger charge is 2.14. The lowest BCUT2D eigenvalue weighted by molar-refractivity contribution is -0.144. The van der Waals surface area contributed by atoms with E-state index in [9.17, 15) is 4.79 Å². The Morgan fingerprint density at radius 1 is 1.17 bits per heavy atom. The molecule has 0 radical (unpaired) electrons. The Morgan fingerprint density at radius 3 is 2.43 bits per heavy atom. The number of carbonyl (C=O) groups is 1. The summed E-state index contributed by atoms with van der Waals surface area (Å²) >= 11 is 6.19. The molecular formula is C18H20ClNO3. The van der Waals surface area contributed by atoms with Crippen LogP contribution in [0.3, 0.4) is 0 Å².